The SMILES string of the molecule is Fc1c2cccc1N2. The molecule has 2 bridgehead atoms. The Hall–Kier alpha value is -1.05. The van der Waals surface area contributed by atoms with E-state index in [1.165, 1.54) is 0 Å². The van der Waals surface area contributed by atoms with E-state index in [0.29, 0.717) is 11.4 Å². The number of halogens is 1. The van der Waals surface area contributed by atoms with Crippen molar-refractivity contribution >= 4 is 11.4 Å². The zero-order valence-corrected chi connectivity index (χ0v) is 4.11. The highest BCUT2D eigenvalue weighted by Gasteiger charge is 2.16. The Morgan fingerprint density at radius 2 is 1.88 bits per heavy atom. The van der Waals surface area contributed by atoms with Crippen molar-refractivity contribution in [1.82, 2.24) is 0 Å². The lowest BCUT2D eigenvalue weighted by Crippen LogP contribution is -2.06. The van der Waals surface area contributed by atoms with E-state index in [-0.39, 0.29) is 5.82 Å². The number of benzene rings is 1. The molecule has 2 aliphatic rings. The number of rotatable bonds is 0. The molecule has 0 saturated heterocycles. The molecule has 0 aromatic heterocycles. The molecule has 40 valence electrons. The van der Waals surface area contributed by atoms with Gasteiger partial charge in [-0.05, 0) is 12.1 Å². The van der Waals surface area contributed by atoms with Gasteiger partial charge in [-0.25, -0.2) is 4.39 Å². The summed E-state index contributed by atoms with van der Waals surface area (Å²) in [5.74, 6) is -0.104. The Kier molecular flexibility index (Phi) is 0.497. The van der Waals surface area contributed by atoms with Crippen LogP contribution in [0.4, 0.5) is 15.8 Å². The van der Waals surface area contributed by atoms with E-state index in [9.17, 15) is 4.39 Å². The lowest BCUT2D eigenvalue weighted by Gasteiger charge is -2.18. The van der Waals surface area contributed by atoms with Crippen molar-refractivity contribution in [3.8, 4) is 0 Å². The van der Waals surface area contributed by atoms with Gasteiger partial charge < -0.3 is 5.32 Å². The van der Waals surface area contributed by atoms with Crippen molar-refractivity contribution < 1.29 is 4.39 Å². The first-order valence-electron chi connectivity index (χ1n) is 2.43. The average molecular weight is 109 g/mol. The minimum Gasteiger partial charge on any atom is -0.351 e. The van der Waals surface area contributed by atoms with Crippen LogP contribution in [-0.2, 0) is 0 Å². The molecule has 1 nitrogen and oxygen atoms in total. The third-order valence-electron chi connectivity index (χ3n) is 1.27. The van der Waals surface area contributed by atoms with Crippen LogP contribution in [0.15, 0.2) is 18.2 Å². The van der Waals surface area contributed by atoms with Gasteiger partial charge in [0.15, 0.2) is 5.82 Å². The molecule has 2 heteroatoms. The molecule has 8 heavy (non-hydrogen) atoms. The minimum atomic E-state index is -0.104. The summed E-state index contributed by atoms with van der Waals surface area (Å²) in [6.45, 7) is 0. The fourth-order valence-electron chi connectivity index (χ4n) is 0.808. The fraction of sp³-hybridized carbons (Fsp3) is 0. The monoisotopic (exact) mass is 109 g/mol. The molecule has 1 aromatic carbocycles. The molecule has 0 radical (unpaired) electrons. The second-order valence-corrected chi connectivity index (χ2v) is 1.79. The lowest BCUT2D eigenvalue weighted by atomic mass is 10.2. The van der Waals surface area contributed by atoms with E-state index >= 15 is 0 Å². The number of fused-ring (bicyclic) bond motifs is 2. The predicted octanol–water partition coefficient (Wildman–Crippen LogP) is 1.88. The first kappa shape index (κ1) is 3.89. The normalized spacial score (nSPS) is 12.1. The summed E-state index contributed by atoms with van der Waals surface area (Å²) in [6, 6.07) is 5.24. The Morgan fingerprint density at radius 3 is 2.12 bits per heavy atom. The number of nitrogens with one attached hydrogen (secondary N) is 1. The van der Waals surface area contributed by atoms with Crippen LogP contribution in [0.5, 0.6) is 0 Å². The fourth-order valence-corrected chi connectivity index (χ4v) is 0.808. The van der Waals surface area contributed by atoms with E-state index in [0.717, 1.165) is 0 Å². The van der Waals surface area contributed by atoms with E-state index in [4.69, 9.17) is 0 Å². The molecule has 1 N–H and O–H groups in total. The Bertz CT molecular complexity index is 212. The van der Waals surface area contributed by atoms with Crippen molar-refractivity contribution in [1.29, 1.82) is 0 Å². The van der Waals surface area contributed by atoms with Gasteiger partial charge in [-0.1, -0.05) is 6.07 Å². The van der Waals surface area contributed by atoms with Crippen molar-refractivity contribution in [3.05, 3.63) is 24.0 Å². The van der Waals surface area contributed by atoms with Crippen LogP contribution in [0.25, 0.3) is 0 Å². The maximum absolute atomic E-state index is 12.3. The van der Waals surface area contributed by atoms with Crippen molar-refractivity contribution in [3.63, 3.8) is 0 Å². The van der Waals surface area contributed by atoms with Gasteiger partial charge in [-0.3, -0.25) is 0 Å². The maximum atomic E-state index is 12.3. The van der Waals surface area contributed by atoms with Gasteiger partial charge in [0.25, 0.3) is 0 Å². The highest BCUT2D eigenvalue weighted by molar-refractivity contribution is 5.75. The maximum Gasteiger partial charge on any atom is 0.170 e. The van der Waals surface area contributed by atoms with Crippen molar-refractivity contribution in [2.24, 2.45) is 0 Å². The summed E-state index contributed by atoms with van der Waals surface area (Å²) < 4.78 is 12.3. The summed E-state index contributed by atoms with van der Waals surface area (Å²) in [5.41, 5.74) is 1.23. The predicted molar refractivity (Wildman–Crippen MR) is 29.7 cm³/mol. The van der Waals surface area contributed by atoms with Crippen LogP contribution in [0.1, 0.15) is 0 Å². The summed E-state index contributed by atoms with van der Waals surface area (Å²) >= 11 is 0. The summed E-state index contributed by atoms with van der Waals surface area (Å²) in [4.78, 5) is 0. The van der Waals surface area contributed by atoms with E-state index in [2.05, 4.69) is 5.32 Å². The van der Waals surface area contributed by atoms with E-state index < -0.39 is 0 Å². The second kappa shape index (κ2) is 1.02. The molecular weight excluding hydrogens is 105 g/mol. The largest absolute Gasteiger partial charge is 0.351 e. The van der Waals surface area contributed by atoms with Gasteiger partial charge >= 0.3 is 0 Å². The second-order valence-electron chi connectivity index (χ2n) is 1.79. The molecule has 0 spiro atoms. The Morgan fingerprint density at radius 1 is 1.25 bits per heavy atom. The standard InChI is InChI=1S/C6H4FN/c7-6-4-2-1-3-5(6)8-4/h1-3,8H. The number of anilines is 2. The summed E-state index contributed by atoms with van der Waals surface area (Å²) in [6.07, 6.45) is 0. The van der Waals surface area contributed by atoms with Crippen molar-refractivity contribution in [2.45, 2.75) is 0 Å². The first-order chi connectivity index (χ1) is 3.88. The molecule has 0 amide bonds. The average Bonchev–Trinajstić information content (AvgIpc) is 1.89. The van der Waals surface area contributed by atoms with Gasteiger partial charge in [-0.2, -0.15) is 0 Å². The molecule has 2 heterocycles. The molecule has 0 saturated carbocycles. The highest BCUT2D eigenvalue weighted by atomic mass is 19.1. The minimum absolute atomic E-state index is 0.104. The molecular formula is C6H4FN. The summed E-state index contributed by atoms with van der Waals surface area (Å²) in [7, 11) is 0. The van der Waals surface area contributed by atoms with E-state index in [1.807, 2.05) is 6.07 Å². The number of hydrogen-bond donors (Lipinski definition) is 1. The van der Waals surface area contributed by atoms with Gasteiger partial charge in [0.2, 0.25) is 0 Å². The third-order valence-corrected chi connectivity index (χ3v) is 1.27. The lowest BCUT2D eigenvalue weighted by molar-refractivity contribution is 0.622. The van der Waals surface area contributed by atoms with Gasteiger partial charge in [0, 0.05) is 0 Å². The van der Waals surface area contributed by atoms with Crippen LogP contribution < -0.4 is 5.32 Å². The van der Waals surface area contributed by atoms with Crippen LogP contribution in [-0.4, -0.2) is 0 Å². The van der Waals surface area contributed by atoms with Crippen LogP contribution in [0.2, 0.25) is 0 Å². The van der Waals surface area contributed by atoms with Crippen molar-refractivity contribution in [2.75, 3.05) is 5.32 Å². The quantitative estimate of drug-likeness (QED) is 0.544. The molecule has 0 atom stereocenters. The van der Waals surface area contributed by atoms with Gasteiger partial charge in [0.05, 0.1) is 11.4 Å². The summed E-state index contributed by atoms with van der Waals surface area (Å²) in [5, 5.41) is 2.81. The highest BCUT2D eigenvalue weighted by Crippen LogP contribution is 2.33. The molecule has 2 aliphatic heterocycles. The number of hydrogen-bond acceptors (Lipinski definition) is 1. The van der Waals surface area contributed by atoms with Gasteiger partial charge in [0.1, 0.15) is 0 Å². The molecule has 1 aromatic rings. The smallest absolute Gasteiger partial charge is 0.170 e. The zero-order chi connectivity index (χ0) is 5.56. The molecule has 0 unspecified atom stereocenters. The Labute approximate surface area is 46.1 Å². The molecule has 3 rings (SSSR count). The first-order valence-corrected chi connectivity index (χ1v) is 2.43. The Balaban J connectivity index is 2.75. The van der Waals surface area contributed by atoms with E-state index in [1.54, 1.807) is 12.1 Å². The van der Waals surface area contributed by atoms with Crippen LogP contribution in [0, 0.1) is 5.82 Å². The van der Waals surface area contributed by atoms with Crippen LogP contribution >= 0.6 is 0 Å². The third kappa shape index (κ3) is 0.269. The van der Waals surface area contributed by atoms with Crippen LogP contribution in [0.3, 0.4) is 0 Å². The topological polar surface area (TPSA) is 12.0 Å². The molecule has 0 aliphatic carbocycles. The molecule has 0 fully saturated rings. The zero-order valence-electron chi connectivity index (χ0n) is 4.11. The van der Waals surface area contributed by atoms with Gasteiger partial charge in [-0.15, -0.1) is 0 Å².